The first-order valence-corrected chi connectivity index (χ1v) is 5.82. The average Bonchev–Trinajstić information content (AvgIpc) is 2.29. The van der Waals surface area contributed by atoms with Crippen molar-refractivity contribution in [2.45, 2.75) is 6.10 Å². The second kappa shape index (κ2) is 4.96. The van der Waals surface area contributed by atoms with Gasteiger partial charge in [0.1, 0.15) is 6.10 Å². The maximum absolute atomic E-state index is 10.2. The Morgan fingerprint density at radius 1 is 1.00 bits per heavy atom. The Bertz CT molecular complexity index is 543. The standard InChI is InChI=1S/C13H11Cl2NO/c14-8-5-6-9(11(15)7-8)13(17)10-3-1-2-4-12(10)16/h1-7,13,17H,16H2. The number of nitrogen functional groups attached to an aromatic ring is 1. The number of anilines is 1. The van der Waals surface area contributed by atoms with Crippen LogP contribution in [0.5, 0.6) is 0 Å². The molecular formula is C13H11Cl2NO. The van der Waals surface area contributed by atoms with E-state index in [2.05, 4.69) is 0 Å². The van der Waals surface area contributed by atoms with Crippen LogP contribution in [0.15, 0.2) is 42.5 Å². The molecule has 17 heavy (non-hydrogen) atoms. The van der Waals surface area contributed by atoms with Crippen molar-refractivity contribution in [3.05, 3.63) is 63.6 Å². The number of benzene rings is 2. The second-order valence-corrected chi connectivity index (χ2v) is 4.54. The summed E-state index contributed by atoms with van der Waals surface area (Å²) in [5.41, 5.74) is 7.57. The summed E-state index contributed by atoms with van der Waals surface area (Å²) in [6.45, 7) is 0. The summed E-state index contributed by atoms with van der Waals surface area (Å²) >= 11 is 11.8. The third-order valence-corrected chi connectivity index (χ3v) is 3.11. The van der Waals surface area contributed by atoms with Crippen molar-refractivity contribution in [2.24, 2.45) is 0 Å². The molecule has 0 aliphatic heterocycles. The predicted molar refractivity (Wildman–Crippen MR) is 71.4 cm³/mol. The molecule has 0 heterocycles. The molecule has 88 valence electrons. The number of nitrogens with two attached hydrogens (primary N) is 1. The van der Waals surface area contributed by atoms with Crippen LogP contribution in [-0.4, -0.2) is 5.11 Å². The van der Waals surface area contributed by atoms with Crippen LogP contribution in [-0.2, 0) is 0 Å². The van der Waals surface area contributed by atoms with Crippen molar-refractivity contribution >= 4 is 28.9 Å². The summed E-state index contributed by atoms with van der Waals surface area (Å²) in [5, 5.41) is 11.2. The second-order valence-electron chi connectivity index (χ2n) is 3.70. The summed E-state index contributed by atoms with van der Waals surface area (Å²) in [7, 11) is 0. The highest BCUT2D eigenvalue weighted by molar-refractivity contribution is 6.35. The SMILES string of the molecule is Nc1ccccc1C(O)c1ccc(Cl)cc1Cl. The largest absolute Gasteiger partial charge is 0.398 e. The van der Waals surface area contributed by atoms with Crippen LogP contribution in [0.25, 0.3) is 0 Å². The average molecular weight is 268 g/mol. The van der Waals surface area contributed by atoms with Gasteiger partial charge in [0.2, 0.25) is 0 Å². The van der Waals surface area contributed by atoms with Gasteiger partial charge in [-0.2, -0.15) is 0 Å². The summed E-state index contributed by atoms with van der Waals surface area (Å²) in [6, 6.07) is 12.1. The number of rotatable bonds is 2. The van der Waals surface area contributed by atoms with Gasteiger partial charge in [-0.15, -0.1) is 0 Å². The van der Waals surface area contributed by atoms with Gasteiger partial charge >= 0.3 is 0 Å². The van der Waals surface area contributed by atoms with Gasteiger partial charge in [0.25, 0.3) is 0 Å². The minimum Gasteiger partial charge on any atom is -0.398 e. The van der Waals surface area contributed by atoms with Gasteiger partial charge < -0.3 is 10.8 Å². The van der Waals surface area contributed by atoms with Crippen LogP contribution in [0.3, 0.4) is 0 Å². The Morgan fingerprint density at radius 3 is 2.35 bits per heavy atom. The number of hydrogen-bond acceptors (Lipinski definition) is 2. The lowest BCUT2D eigenvalue weighted by molar-refractivity contribution is 0.221. The summed E-state index contributed by atoms with van der Waals surface area (Å²) in [4.78, 5) is 0. The minimum absolute atomic E-state index is 0.424. The van der Waals surface area contributed by atoms with Gasteiger partial charge in [-0.05, 0) is 18.2 Å². The molecule has 2 aromatic carbocycles. The van der Waals surface area contributed by atoms with Crippen molar-refractivity contribution < 1.29 is 5.11 Å². The summed E-state index contributed by atoms with van der Waals surface area (Å²) < 4.78 is 0. The van der Waals surface area contributed by atoms with E-state index < -0.39 is 6.10 Å². The van der Waals surface area contributed by atoms with Gasteiger partial charge in [-0.3, -0.25) is 0 Å². The van der Waals surface area contributed by atoms with Crippen LogP contribution in [0, 0.1) is 0 Å². The number of hydrogen-bond donors (Lipinski definition) is 2. The van der Waals surface area contributed by atoms with E-state index in [9.17, 15) is 5.11 Å². The van der Waals surface area contributed by atoms with Crippen molar-refractivity contribution in [3.8, 4) is 0 Å². The lowest BCUT2D eigenvalue weighted by Gasteiger charge is -2.15. The predicted octanol–water partition coefficient (Wildman–Crippen LogP) is 3.66. The molecule has 0 aliphatic rings. The zero-order valence-electron chi connectivity index (χ0n) is 8.90. The smallest absolute Gasteiger partial charge is 0.107 e. The zero-order valence-corrected chi connectivity index (χ0v) is 10.4. The lowest BCUT2D eigenvalue weighted by atomic mass is 10.00. The fourth-order valence-electron chi connectivity index (χ4n) is 1.65. The summed E-state index contributed by atoms with van der Waals surface area (Å²) in [6.07, 6.45) is -0.846. The molecule has 0 fully saturated rings. The fourth-order valence-corrected chi connectivity index (χ4v) is 2.16. The van der Waals surface area contributed by atoms with E-state index in [1.54, 1.807) is 30.3 Å². The van der Waals surface area contributed by atoms with Crippen LogP contribution in [0.1, 0.15) is 17.2 Å². The Balaban J connectivity index is 2.44. The molecule has 2 aromatic rings. The van der Waals surface area contributed by atoms with Crippen molar-refractivity contribution in [1.82, 2.24) is 0 Å². The van der Waals surface area contributed by atoms with Crippen molar-refractivity contribution in [3.63, 3.8) is 0 Å². The quantitative estimate of drug-likeness (QED) is 0.816. The molecule has 2 nitrogen and oxygen atoms in total. The van der Waals surface area contributed by atoms with Gasteiger partial charge in [0.05, 0.1) is 0 Å². The van der Waals surface area contributed by atoms with E-state index >= 15 is 0 Å². The maximum atomic E-state index is 10.2. The number of halogens is 2. The highest BCUT2D eigenvalue weighted by Gasteiger charge is 2.16. The third kappa shape index (κ3) is 2.55. The normalized spacial score (nSPS) is 12.4. The molecule has 0 spiro atoms. The maximum Gasteiger partial charge on any atom is 0.107 e. The molecule has 0 saturated heterocycles. The Labute approximate surface area is 110 Å². The van der Waals surface area contributed by atoms with E-state index in [0.29, 0.717) is 26.9 Å². The van der Waals surface area contributed by atoms with E-state index in [-0.39, 0.29) is 0 Å². The van der Waals surface area contributed by atoms with E-state index in [1.807, 2.05) is 12.1 Å². The Kier molecular flexibility index (Phi) is 3.57. The molecule has 0 radical (unpaired) electrons. The van der Waals surface area contributed by atoms with Gasteiger partial charge in [-0.25, -0.2) is 0 Å². The van der Waals surface area contributed by atoms with Crippen LogP contribution >= 0.6 is 23.2 Å². The molecule has 3 N–H and O–H groups in total. The highest BCUT2D eigenvalue weighted by Crippen LogP contribution is 2.32. The Morgan fingerprint density at radius 2 is 1.71 bits per heavy atom. The number of para-hydroxylation sites is 1. The molecule has 4 heteroatoms. The molecule has 0 bridgehead atoms. The molecule has 1 unspecified atom stereocenters. The Hall–Kier alpha value is -1.22. The molecule has 0 aliphatic carbocycles. The third-order valence-electron chi connectivity index (χ3n) is 2.55. The molecule has 0 amide bonds. The van der Waals surface area contributed by atoms with Crippen LogP contribution < -0.4 is 5.73 Å². The first kappa shape index (κ1) is 12.2. The first-order chi connectivity index (χ1) is 8.09. The van der Waals surface area contributed by atoms with E-state index in [1.165, 1.54) is 0 Å². The topological polar surface area (TPSA) is 46.2 Å². The van der Waals surface area contributed by atoms with Crippen LogP contribution in [0.4, 0.5) is 5.69 Å². The van der Waals surface area contributed by atoms with Crippen molar-refractivity contribution in [2.75, 3.05) is 5.73 Å². The minimum atomic E-state index is -0.846. The fraction of sp³-hybridized carbons (Fsp3) is 0.0769. The number of aliphatic hydroxyl groups excluding tert-OH is 1. The summed E-state index contributed by atoms with van der Waals surface area (Å²) in [5.74, 6) is 0. The van der Waals surface area contributed by atoms with Gasteiger partial charge in [0, 0.05) is 26.9 Å². The zero-order chi connectivity index (χ0) is 12.4. The molecule has 0 saturated carbocycles. The number of aliphatic hydroxyl groups is 1. The molecule has 0 aromatic heterocycles. The lowest BCUT2D eigenvalue weighted by Crippen LogP contribution is -2.04. The van der Waals surface area contributed by atoms with E-state index in [0.717, 1.165) is 0 Å². The van der Waals surface area contributed by atoms with E-state index in [4.69, 9.17) is 28.9 Å². The van der Waals surface area contributed by atoms with Crippen molar-refractivity contribution in [1.29, 1.82) is 0 Å². The monoisotopic (exact) mass is 267 g/mol. The highest BCUT2D eigenvalue weighted by atomic mass is 35.5. The van der Waals surface area contributed by atoms with Gasteiger partial charge in [-0.1, -0.05) is 47.5 Å². The van der Waals surface area contributed by atoms with Gasteiger partial charge in [0.15, 0.2) is 0 Å². The van der Waals surface area contributed by atoms with Crippen LogP contribution in [0.2, 0.25) is 10.0 Å². The molecular weight excluding hydrogens is 257 g/mol. The molecule has 1 atom stereocenters. The first-order valence-electron chi connectivity index (χ1n) is 5.07. The molecule has 2 rings (SSSR count).